The molecule has 16 heavy (non-hydrogen) atoms. The van der Waals surface area contributed by atoms with Gasteiger partial charge in [0.1, 0.15) is 5.52 Å². The number of aromatic nitrogens is 1. The highest BCUT2D eigenvalue weighted by atomic mass is 16.5. The van der Waals surface area contributed by atoms with Gasteiger partial charge in [-0.1, -0.05) is 0 Å². The third kappa shape index (κ3) is 1.76. The quantitative estimate of drug-likeness (QED) is 0.784. The number of rotatable bonds is 2. The molecule has 4 nitrogen and oxygen atoms in total. The van der Waals surface area contributed by atoms with Crippen molar-refractivity contribution in [2.24, 2.45) is 0 Å². The second kappa shape index (κ2) is 3.79. The second-order valence-electron chi connectivity index (χ2n) is 4.17. The standard InChI is InChI=1S/C12H14N2O2/c13-8-3-4-10-11(6-8)16-12(14-10)7-9-2-1-5-15-9/h3-4,6,9H,1-2,5,7,13H2. The summed E-state index contributed by atoms with van der Waals surface area (Å²) in [6.45, 7) is 0.859. The van der Waals surface area contributed by atoms with E-state index in [9.17, 15) is 0 Å². The lowest BCUT2D eigenvalue weighted by molar-refractivity contribution is 0.106. The summed E-state index contributed by atoms with van der Waals surface area (Å²) in [4.78, 5) is 4.42. The molecule has 0 amide bonds. The first-order chi connectivity index (χ1) is 7.81. The third-order valence-corrected chi connectivity index (χ3v) is 2.88. The number of nitrogen functional groups attached to an aromatic ring is 1. The van der Waals surface area contributed by atoms with Crippen molar-refractivity contribution in [1.82, 2.24) is 4.98 Å². The molecular formula is C12H14N2O2. The van der Waals surface area contributed by atoms with E-state index in [1.165, 1.54) is 0 Å². The molecule has 84 valence electrons. The number of nitrogens with two attached hydrogens (primary N) is 1. The summed E-state index contributed by atoms with van der Waals surface area (Å²) in [6.07, 6.45) is 3.26. The zero-order valence-electron chi connectivity index (χ0n) is 8.98. The lowest BCUT2D eigenvalue weighted by atomic mass is 10.2. The number of hydrogen-bond donors (Lipinski definition) is 1. The van der Waals surface area contributed by atoms with Crippen LogP contribution in [0.25, 0.3) is 11.1 Å². The molecule has 3 rings (SSSR count). The van der Waals surface area contributed by atoms with Gasteiger partial charge in [0, 0.05) is 18.4 Å². The highest BCUT2D eigenvalue weighted by Gasteiger charge is 2.18. The van der Waals surface area contributed by atoms with Gasteiger partial charge in [-0.3, -0.25) is 0 Å². The highest BCUT2D eigenvalue weighted by molar-refractivity contribution is 5.76. The van der Waals surface area contributed by atoms with E-state index >= 15 is 0 Å². The molecule has 1 aromatic carbocycles. The van der Waals surface area contributed by atoms with Gasteiger partial charge >= 0.3 is 0 Å². The molecule has 1 aliphatic heterocycles. The first kappa shape index (κ1) is 9.66. The molecule has 1 saturated heterocycles. The predicted octanol–water partition coefficient (Wildman–Crippen LogP) is 2.13. The Balaban J connectivity index is 1.86. The van der Waals surface area contributed by atoms with E-state index in [0.29, 0.717) is 5.69 Å². The minimum Gasteiger partial charge on any atom is -0.441 e. The van der Waals surface area contributed by atoms with Crippen LogP contribution >= 0.6 is 0 Å². The number of hydrogen-bond acceptors (Lipinski definition) is 4. The summed E-state index contributed by atoms with van der Waals surface area (Å²) in [7, 11) is 0. The van der Waals surface area contributed by atoms with Crippen LogP contribution in [0, 0.1) is 0 Å². The molecule has 0 bridgehead atoms. The first-order valence-electron chi connectivity index (χ1n) is 5.58. The normalized spacial score (nSPS) is 20.6. The van der Waals surface area contributed by atoms with Gasteiger partial charge in [0.05, 0.1) is 12.5 Å². The van der Waals surface area contributed by atoms with Crippen molar-refractivity contribution in [3.05, 3.63) is 24.1 Å². The molecule has 4 heteroatoms. The van der Waals surface area contributed by atoms with Crippen LogP contribution in [0.2, 0.25) is 0 Å². The van der Waals surface area contributed by atoms with E-state index in [1.807, 2.05) is 12.1 Å². The van der Waals surface area contributed by atoms with E-state index in [4.69, 9.17) is 14.9 Å². The van der Waals surface area contributed by atoms with Gasteiger partial charge in [-0.2, -0.15) is 0 Å². The van der Waals surface area contributed by atoms with Crippen molar-refractivity contribution < 1.29 is 9.15 Å². The van der Waals surface area contributed by atoms with Crippen molar-refractivity contribution in [2.45, 2.75) is 25.4 Å². The molecule has 0 aliphatic carbocycles. The largest absolute Gasteiger partial charge is 0.441 e. The zero-order chi connectivity index (χ0) is 11.0. The second-order valence-corrected chi connectivity index (χ2v) is 4.17. The van der Waals surface area contributed by atoms with E-state index in [-0.39, 0.29) is 6.10 Å². The monoisotopic (exact) mass is 218 g/mol. The average molecular weight is 218 g/mol. The topological polar surface area (TPSA) is 61.3 Å². The van der Waals surface area contributed by atoms with Gasteiger partial charge in [-0.25, -0.2) is 4.98 Å². The van der Waals surface area contributed by atoms with E-state index in [2.05, 4.69) is 4.98 Å². The van der Waals surface area contributed by atoms with Crippen LogP contribution in [-0.4, -0.2) is 17.7 Å². The Labute approximate surface area is 93.4 Å². The maximum absolute atomic E-state index is 5.68. The van der Waals surface area contributed by atoms with Gasteiger partial charge < -0.3 is 14.9 Å². The van der Waals surface area contributed by atoms with Crippen molar-refractivity contribution in [2.75, 3.05) is 12.3 Å². The Bertz CT molecular complexity index is 501. The fourth-order valence-electron chi connectivity index (χ4n) is 2.08. The Morgan fingerprint density at radius 3 is 3.19 bits per heavy atom. The van der Waals surface area contributed by atoms with E-state index < -0.39 is 0 Å². The third-order valence-electron chi connectivity index (χ3n) is 2.88. The van der Waals surface area contributed by atoms with Crippen LogP contribution in [-0.2, 0) is 11.2 Å². The number of benzene rings is 1. The highest BCUT2D eigenvalue weighted by Crippen LogP contribution is 2.22. The Kier molecular flexibility index (Phi) is 2.29. The van der Waals surface area contributed by atoms with Gasteiger partial charge in [-0.05, 0) is 25.0 Å². The number of ether oxygens (including phenoxy) is 1. The minimum absolute atomic E-state index is 0.269. The Morgan fingerprint density at radius 1 is 1.44 bits per heavy atom. The average Bonchev–Trinajstić information content (AvgIpc) is 2.86. The van der Waals surface area contributed by atoms with Crippen LogP contribution in [0.1, 0.15) is 18.7 Å². The summed E-state index contributed by atoms with van der Waals surface area (Å²) in [5, 5.41) is 0. The molecule has 1 aliphatic rings. The van der Waals surface area contributed by atoms with Crippen LogP contribution in [0.15, 0.2) is 22.6 Å². The zero-order valence-corrected chi connectivity index (χ0v) is 8.98. The molecule has 2 N–H and O–H groups in total. The van der Waals surface area contributed by atoms with Gasteiger partial charge in [0.25, 0.3) is 0 Å². The summed E-state index contributed by atoms with van der Waals surface area (Å²) < 4.78 is 11.2. The van der Waals surface area contributed by atoms with Crippen LogP contribution in [0.5, 0.6) is 0 Å². The minimum atomic E-state index is 0.269. The van der Waals surface area contributed by atoms with Gasteiger partial charge in [-0.15, -0.1) is 0 Å². The van der Waals surface area contributed by atoms with Crippen molar-refractivity contribution >= 4 is 16.8 Å². The molecule has 0 spiro atoms. The Morgan fingerprint density at radius 2 is 2.38 bits per heavy atom. The van der Waals surface area contributed by atoms with Crippen molar-refractivity contribution in [1.29, 1.82) is 0 Å². The maximum Gasteiger partial charge on any atom is 0.198 e. The van der Waals surface area contributed by atoms with Crippen molar-refractivity contribution in [3.8, 4) is 0 Å². The molecule has 0 radical (unpaired) electrons. The lowest BCUT2D eigenvalue weighted by Gasteiger charge is -2.04. The molecule has 1 aromatic heterocycles. The van der Waals surface area contributed by atoms with E-state index in [1.54, 1.807) is 6.07 Å². The number of anilines is 1. The molecule has 2 heterocycles. The van der Waals surface area contributed by atoms with Crippen LogP contribution in [0.3, 0.4) is 0 Å². The Hall–Kier alpha value is -1.55. The van der Waals surface area contributed by atoms with Gasteiger partial charge in [0.2, 0.25) is 0 Å². The molecule has 1 atom stereocenters. The van der Waals surface area contributed by atoms with Crippen LogP contribution in [0.4, 0.5) is 5.69 Å². The predicted molar refractivity (Wildman–Crippen MR) is 61.1 cm³/mol. The molecule has 2 aromatic rings. The summed E-state index contributed by atoms with van der Waals surface area (Å²) in [5.41, 5.74) is 8.01. The molecule has 1 fully saturated rings. The number of nitrogens with zero attached hydrogens (tertiary/aromatic N) is 1. The fourth-order valence-corrected chi connectivity index (χ4v) is 2.08. The molecule has 0 saturated carbocycles. The maximum atomic E-state index is 5.68. The smallest absolute Gasteiger partial charge is 0.198 e. The summed E-state index contributed by atoms with van der Waals surface area (Å²) >= 11 is 0. The first-order valence-corrected chi connectivity index (χ1v) is 5.58. The molecule has 1 unspecified atom stereocenters. The fraction of sp³-hybridized carbons (Fsp3) is 0.417. The number of fused-ring (bicyclic) bond motifs is 1. The van der Waals surface area contributed by atoms with Crippen LogP contribution < -0.4 is 5.73 Å². The van der Waals surface area contributed by atoms with Gasteiger partial charge in [0.15, 0.2) is 11.5 Å². The molecular weight excluding hydrogens is 204 g/mol. The summed E-state index contributed by atoms with van der Waals surface area (Å²) in [5.74, 6) is 0.743. The number of oxazole rings is 1. The SMILES string of the molecule is Nc1ccc2nc(CC3CCCO3)oc2c1. The van der Waals surface area contributed by atoms with Crippen molar-refractivity contribution in [3.63, 3.8) is 0 Å². The summed E-state index contributed by atoms with van der Waals surface area (Å²) in [6, 6.07) is 5.52. The lowest BCUT2D eigenvalue weighted by Crippen LogP contribution is -2.08. The van der Waals surface area contributed by atoms with E-state index in [0.717, 1.165) is 42.9 Å².